The van der Waals surface area contributed by atoms with Crippen LogP contribution in [-0.4, -0.2) is 10.2 Å². The second-order valence-corrected chi connectivity index (χ2v) is 14.4. The van der Waals surface area contributed by atoms with E-state index in [0.29, 0.717) is 49.1 Å². The van der Waals surface area contributed by atoms with Crippen molar-refractivity contribution in [1.29, 1.82) is 0 Å². The van der Waals surface area contributed by atoms with Crippen molar-refractivity contribution in [3.8, 4) is 34.5 Å². The number of hydrogen-bond donors (Lipinski definition) is 2. The molecule has 0 saturated carbocycles. The number of ether oxygens (including phenoxy) is 3. The number of aromatic hydroxyl groups is 2. The Balaban J connectivity index is 1.09. The van der Waals surface area contributed by atoms with Crippen LogP contribution in [0.1, 0.15) is 61.1 Å². The van der Waals surface area contributed by atoms with E-state index < -0.39 is 0 Å². The summed E-state index contributed by atoms with van der Waals surface area (Å²) in [5.41, 5.74) is 5.98. The maximum absolute atomic E-state index is 10.3. The van der Waals surface area contributed by atoms with Crippen LogP contribution in [-0.2, 0) is 41.6 Å². The fraction of sp³-hybridized carbons (Fsp3) is 0.217. The van der Waals surface area contributed by atoms with Crippen LogP contribution < -0.4 is 9.47 Å². The Bertz CT molecular complexity index is 1900. The van der Waals surface area contributed by atoms with Gasteiger partial charge in [-0.1, -0.05) is 113 Å². The Morgan fingerprint density at radius 3 is 1.27 bits per heavy atom. The van der Waals surface area contributed by atoms with Crippen molar-refractivity contribution in [2.75, 3.05) is 0 Å². The SMILES string of the molecule is CC(C)(Cc1cc(O)ccc1Oc1cccc(COCc2cccc(Oc3ccc(O)cc3CC(C)(C)c3ccccc3)c2)c1)c1ccccc1. The lowest BCUT2D eigenvalue weighted by Gasteiger charge is -2.26. The van der Waals surface area contributed by atoms with E-state index in [4.69, 9.17) is 14.2 Å². The number of phenolic OH excluding ortho intramolecular Hbond substituents is 2. The molecule has 0 bridgehead atoms. The van der Waals surface area contributed by atoms with Gasteiger partial charge in [-0.3, -0.25) is 0 Å². The molecule has 0 aliphatic heterocycles. The van der Waals surface area contributed by atoms with Gasteiger partial charge < -0.3 is 24.4 Å². The zero-order chi connectivity index (χ0) is 35.8. The van der Waals surface area contributed by atoms with Crippen molar-refractivity contribution in [3.05, 3.63) is 179 Å². The van der Waals surface area contributed by atoms with Gasteiger partial charge >= 0.3 is 0 Å². The van der Waals surface area contributed by atoms with Gasteiger partial charge in [0.05, 0.1) is 13.2 Å². The summed E-state index contributed by atoms with van der Waals surface area (Å²) in [6.45, 7) is 9.62. The van der Waals surface area contributed by atoms with Gasteiger partial charge in [-0.05, 0) is 118 Å². The molecule has 0 unspecified atom stereocenters. The Morgan fingerprint density at radius 1 is 0.451 bits per heavy atom. The minimum Gasteiger partial charge on any atom is -0.508 e. The highest BCUT2D eigenvalue weighted by atomic mass is 16.5. The maximum atomic E-state index is 10.3. The molecule has 51 heavy (non-hydrogen) atoms. The Hall–Kier alpha value is -5.52. The molecule has 0 fully saturated rings. The molecule has 0 saturated heterocycles. The summed E-state index contributed by atoms with van der Waals surface area (Å²) in [4.78, 5) is 0. The predicted octanol–water partition coefficient (Wildman–Crippen LogP) is 11.4. The van der Waals surface area contributed by atoms with Crippen molar-refractivity contribution in [2.24, 2.45) is 0 Å². The minimum absolute atomic E-state index is 0.156. The number of hydrogen-bond acceptors (Lipinski definition) is 5. The highest BCUT2D eigenvalue weighted by Gasteiger charge is 2.25. The van der Waals surface area contributed by atoms with Crippen molar-refractivity contribution in [1.82, 2.24) is 0 Å². The smallest absolute Gasteiger partial charge is 0.130 e. The van der Waals surface area contributed by atoms with Crippen molar-refractivity contribution < 1.29 is 24.4 Å². The van der Waals surface area contributed by atoms with Crippen molar-refractivity contribution >= 4 is 0 Å². The summed E-state index contributed by atoms with van der Waals surface area (Å²) in [6, 6.07) is 47.2. The molecule has 0 aromatic heterocycles. The first kappa shape index (κ1) is 35.3. The average Bonchev–Trinajstić information content (AvgIpc) is 3.11. The third-order valence-corrected chi connectivity index (χ3v) is 9.25. The molecule has 0 atom stereocenters. The molecule has 6 aromatic carbocycles. The summed E-state index contributed by atoms with van der Waals surface area (Å²) < 4.78 is 18.9. The van der Waals surface area contributed by atoms with Crippen LogP contribution in [0.5, 0.6) is 34.5 Å². The summed E-state index contributed by atoms with van der Waals surface area (Å²) >= 11 is 0. The van der Waals surface area contributed by atoms with Crippen LogP contribution in [0.15, 0.2) is 146 Å². The van der Waals surface area contributed by atoms with Crippen LogP contribution in [0.3, 0.4) is 0 Å². The summed E-state index contributed by atoms with van der Waals surface area (Å²) in [5, 5.41) is 20.6. The molecule has 5 nitrogen and oxygen atoms in total. The van der Waals surface area contributed by atoms with Gasteiger partial charge in [0.15, 0.2) is 0 Å². The number of benzene rings is 6. The lowest BCUT2D eigenvalue weighted by atomic mass is 9.79. The van der Waals surface area contributed by atoms with Crippen molar-refractivity contribution in [2.45, 2.75) is 64.6 Å². The van der Waals surface area contributed by atoms with Crippen LogP contribution in [0.2, 0.25) is 0 Å². The molecule has 6 aromatic rings. The van der Waals surface area contributed by atoms with E-state index >= 15 is 0 Å². The number of phenols is 2. The van der Waals surface area contributed by atoms with E-state index in [2.05, 4.69) is 76.2 Å². The molecule has 2 N–H and O–H groups in total. The summed E-state index contributed by atoms with van der Waals surface area (Å²) in [5.74, 6) is 3.27. The van der Waals surface area contributed by atoms with Crippen molar-refractivity contribution in [3.63, 3.8) is 0 Å². The first-order valence-corrected chi connectivity index (χ1v) is 17.4. The van der Waals surface area contributed by atoms with Crippen LogP contribution in [0.4, 0.5) is 0 Å². The molecule has 0 spiro atoms. The molecule has 0 radical (unpaired) electrons. The van der Waals surface area contributed by atoms with E-state index in [1.807, 2.05) is 72.8 Å². The van der Waals surface area contributed by atoms with E-state index in [0.717, 1.165) is 22.3 Å². The zero-order valence-electron chi connectivity index (χ0n) is 29.8. The largest absolute Gasteiger partial charge is 0.508 e. The fourth-order valence-corrected chi connectivity index (χ4v) is 6.48. The molecule has 0 heterocycles. The number of rotatable bonds is 14. The Labute approximate surface area is 301 Å². The van der Waals surface area contributed by atoms with Crippen LogP contribution in [0, 0.1) is 0 Å². The molecular formula is C46H46O5. The van der Waals surface area contributed by atoms with Crippen LogP contribution in [0.25, 0.3) is 0 Å². The van der Waals surface area contributed by atoms with Gasteiger partial charge in [-0.15, -0.1) is 0 Å². The third-order valence-electron chi connectivity index (χ3n) is 9.25. The Morgan fingerprint density at radius 2 is 0.863 bits per heavy atom. The van der Waals surface area contributed by atoms with Gasteiger partial charge in [0.2, 0.25) is 0 Å². The average molecular weight is 679 g/mol. The Kier molecular flexibility index (Phi) is 10.8. The molecule has 0 amide bonds. The molecule has 0 aliphatic carbocycles. The quantitative estimate of drug-likeness (QED) is 0.120. The normalized spacial score (nSPS) is 11.7. The van der Waals surface area contributed by atoms with Gasteiger partial charge in [0, 0.05) is 0 Å². The summed E-state index contributed by atoms with van der Waals surface area (Å²) in [6.07, 6.45) is 1.40. The molecule has 5 heteroatoms. The van der Waals surface area contributed by atoms with Gasteiger partial charge in [0.25, 0.3) is 0 Å². The first-order valence-electron chi connectivity index (χ1n) is 17.4. The topological polar surface area (TPSA) is 68.2 Å². The standard InChI is InChI=1S/C46H46O5/c1-45(2,37-15-7-5-8-16-37)29-35-27-39(47)21-23-43(35)50-41-19-11-13-33(25-41)31-49-32-34-14-12-20-42(26-34)51-44-24-22-40(48)28-36(44)30-46(3,4)38-17-9-6-10-18-38/h5-28,47-48H,29-32H2,1-4H3. The lowest BCUT2D eigenvalue weighted by Crippen LogP contribution is -2.20. The van der Waals surface area contributed by atoms with Gasteiger partial charge in [-0.2, -0.15) is 0 Å². The highest BCUT2D eigenvalue weighted by Crippen LogP contribution is 2.37. The van der Waals surface area contributed by atoms with Crippen LogP contribution >= 0.6 is 0 Å². The van der Waals surface area contributed by atoms with E-state index in [-0.39, 0.29) is 22.3 Å². The highest BCUT2D eigenvalue weighted by molar-refractivity contribution is 5.46. The fourth-order valence-electron chi connectivity index (χ4n) is 6.48. The summed E-state index contributed by atoms with van der Waals surface area (Å²) in [7, 11) is 0. The van der Waals surface area contributed by atoms with E-state index in [1.54, 1.807) is 24.3 Å². The maximum Gasteiger partial charge on any atom is 0.130 e. The second-order valence-electron chi connectivity index (χ2n) is 14.4. The zero-order valence-corrected chi connectivity index (χ0v) is 29.8. The molecule has 6 rings (SSSR count). The predicted molar refractivity (Wildman–Crippen MR) is 204 cm³/mol. The monoisotopic (exact) mass is 678 g/mol. The van der Waals surface area contributed by atoms with E-state index in [1.165, 1.54) is 11.1 Å². The molecular weight excluding hydrogens is 633 g/mol. The lowest BCUT2D eigenvalue weighted by molar-refractivity contribution is 0.107. The second kappa shape index (κ2) is 15.6. The van der Waals surface area contributed by atoms with Gasteiger partial charge in [0.1, 0.15) is 34.5 Å². The third kappa shape index (κ3) is 9.39. The molecule has 260 valence electrons. The van der Waals surface area contributed by atoms with E-state index in [9.17, 15) is 10.2 Å². The molecule has 0 aliphatic rings. The minimum atomic E-state index is -0.156. The van der Waals surface area contributed by atoms with Gasteiger partial charge in [-0.25, -0.2) is 0 Å². The first-order chi connectivity index (χ1) is 24.5.